The monoisotopic (exact) mass is 347 g/mol. The first-order valence-corrected chi connectivity index (χ1v) is 7.89. The normalized spacial score (nSPS) is 11.0. The van der Waals surface area contributed by atoms with Gasteiger partial charge in [0, 0.05) is 11.5 Å². The Hall–Kier alpha value is -1.60. The van der Waals surface area contributed by atoms with Gasteiger partial charge in [0.05, 0.1) is 19.9 Å². The maximum Gasteiger partial charge on any atom is 0.298 e. The van der Waals surface area contributed by atoms with Gasteiger partial charge in [0.15, 0.2) is 0 Å². The molecule has 0 atom stereocenters. The molecule has 1 aromatic carbocycles. The molecule has 0 heterocycles. The van der Waals surface area contributed by atoms with Crippen LogP contribution in [0.3, 0.4) is 0 Å². The summed E-state index contributed by atoms with van der Waals surface area (Å²) in [4.78, 5) is 12.1. The topological polar surface area (TPSA) is 81.7 Å². The van der Waals surface area contributed by atoms with Crippen molar-refractivity contribution >= 4 is 21.7 Å². The molecule has 6 nitrogen and oxygen atoms in total. The third kappa shape index (κ3) is 5.51. The Morgan fingerprint density at radius 1 is 1.22 bits per heavy atom. The second-order valence-electron chi connectivity index (χ2n) is 5.17. The predicted molar refractivity (Wildman–Crippen MR) is 93.4 cm³/mol. The van der Waals surface area contributed by atoms with Crippen LogP contribution < -0.4 is 10.1 Å². The van der Waals surface area contributed by atoms with E-state index in [1.165, 1.54) is 19.2 Å². The highest BCUT2D eigenvalue weighted by molar-refractivity contribution is 7.87. The zero-order valence-electron chi connectivity index (χ0n) is 12.9. The van der Waals surface area contributed by atoms with Crippen LogP contribution in [0.1, 0.15) is 42.0 Å². The highest BCUT2D eigenvalue weighted by Gasteiger charge is 2.28. The lowest BCUT2D eigenvalue weighted by molar-refractivity contribution is -0.124. The molecule has 0 unspecified atom stereocenters. The van der Waals surface area contributed by atoms with Crippen LogP contribution in [-0.4, -0.2) is 28.5 Å². The van der Waals surface area contributed by atoms with E-state index in [0.717, 1.165) is 7.11 Å². The van der Waals surface area contributed by atoms with Crippen LogP contribution in [0.25, 0.3) is 0 Å². The molecular weight excluding hydrogens is 318 g/mol. The number of hydrogen-bond donors (Lipinski definition) is 1. The zero-order chi connectivity index (χ0) is 16.3. The summed E-state index contributed by atoms with van der Waals surface area (Å²) < 4.78 is 33.5. The number of carbonyl (C=O) groups excluding carboxylic acids is 1. The lowest BCUT2D eigenvalue weighted by atomic mass is 9.89. The third-order valence-electron chi connectivity index (χ3n) is 3.42. The summed E-state index contributed by atoms with van der Waals surface area (Å²) in [5, 5.41) is 2.64. The third-order valence-corrected chi connectivity index (χ3v) is 4.74. The first-order chi connectivity index (χ1) is 9.67. The van der Waals surface area contributed by atoms with Gasteiger partial charge in [-0.25, -0.2) is 0 Å². The molecule has 0 saturated heterocycles. The molecule has 23 heavy (non-hydrogen) atoms. The van der Waals surface area contributed by atoms with Gasteiger partial charge in [-0.15, -0.1) is 0 Å². The van der Waals surface area contributed by atoms with Crippen molar-refractivity contribution in [3.05, 3.63) is 18.2 Å². The highest BCUT2D eigenvalue weighted by Crippen LogP contribution is 2.30. The average molecular weight is 347 g/mol. The molecule has 1 N–H and O–H groups in total. The number of anilines is 1. The van der Waals surface area contributed by atoms with Gasteiger partial charge >= 0.3 is 0 Å². The number of rotatable bonds is 6. The van der Waals surface area contributed by atoms with Crippen molar-refractivity contribution < 1.29 is 22.1 Å². The summed E-state index contributed by atoms with van der Waals surface area (Å²) in [6, 6.07) is 4.37. The average Bonchev–Trinajstić information content (AvgIpc) is 2.47. The Morgan fingerprint density at radius 3 is 2.22 bits per heavy atom. The zero-order valence-corrected chi connectivity index (χ0v) is 13.7. The largest absolute Gasteiger partial charge is 0.497 e. The van der Waals surface area contributed by atoms with E-state index in [1.807, 2.05) is 6.92 Å². The fourth-order valence-corrected chi connectivity index (χ4v) is 2.31. The summed E-state index contributed by atoms with van der Waals surface area (Å²) in [6.45, 7) is 5.47. The van der Waals surface area contributed by atoms with Gasteiger partial charge in [-0.1, -0.05) is 35.6 Å². The van der Waals surface area contributed by atoms with E-state index in [4.69, 9.17) is 4.74 Å². The van der Waals surface area contributed by atoms with Gasteiger partial charge in [-0.05, 0) is 18.6 Å². The molecule has 0 saturated carbocycles. The SMILES string of the molecule is C.C.CCC(C)(C)C(=O)Nc1ccc(OC)cc1S(=O)(=O)OC. The minimum Gasteiger partial charge on any atom is -0.497 e. The molecule has 0 aliphatic carbocycles. The van der Waals surface area contributed by atoms with Crippen LogP contribution >= 0.6 is 0 Å². The van der Waals surface area contributed by atoms with E-state index < -0.39 is 15.5 Å². The fraction of sp³-hybridized carbons (Fsp3) is 0.562. The van der Waals surface area contributed by atoms with Crippen molar-refractivity contribution in [2.45, 2.75) is 46.9 Å². The lowest BCUT2D eigenvalue weighted by Crippen LogP contribution is -2.30. The molecule has 1 aromatic rings. The second kappa shape index (κ2) is 8.88. The van der Waals surface area contributed by atoms with Gasteiger partial charge in [-0.2, -0.15) is 8.42 Å². The van der Waals surface area contributed by atoms with Crippen LogP contribution in [0.2, 0.25) is 0 Å². The number of ether oxygens (including phenoxy) is 1. The predicted octanol–water partition coefficient (Wildman–Crippen LogP) is 3.68. The Morgan fingerprint density at radius 2 is 1.78 bits per heavy atom. The van der Waals surface area contributed by atoms with Gasteiger partial charge in [0.2, 0.25) is 5.91 Å². The minimum atomic E-state index is -3.95. The van der Waals surface area contributed by atoms with Crippen molar-refractivity contribution in [1.29, 1.82) is 0 Å². The van der Waals surface area contributed by atoms with Crippen LogP contribution in [0, 0.1) is 5.41 Å². The maximum atomic E-state index is 12.2. The minimum absolute atomic E-state index is 0. The van der Waals surface area contributed by atoms with Crippen molar-refractivity contribution in [1.82, 2.24) is 0 Å². The molecule has 7 heteroatoms. The number of hydrogen-bond acceptors (Lipinski definition) is 5. The number of carbonyl (C=O) groups is 1. The van der Waals surface area contributed by atoms with E-state index in [1.54, 1.807) is 19.9 Å². The Bertz CT molecular complexity index is 623. The smallest absolute Gasteiger partial charge is 0.298 e. The Kier molecular flexibility index (Phi) is 9.14. The second-order valence-corrected chi connectivity index (χ2v) is 6.86. The molecule has 0 radical (unpaired) electrons. The molecular formula is C16H29NO5S. The fourth-order valence-electron chi connectivity index (χ4n) is 1.48. The first kappa shape index (κ1) is 23.7. The molecule has 0 aliphatic rings. The van der Waals surface area contributed by atoms with Crippen molar-refractivity contribution in [3.63, 3.8) is 0 Å². The summed E-state index contributed by atoms with van der Waals surface area (Å²) in [5.41, 5.74) is -0.433. The molecule has 0 bridgehead atoms. The van der Waals surface area contributed by atoms with Crippen LogP contribution in [0.5, 0.6) is 5.75 Å². The van der Waals surface area contributed by atoms with E-state index in [-0.39, 0.29) is 31.3 Å². The van der Waals surface area contributed by atoms with Crippen molar-refractivity contribution in [2.75, 3.05) is 19.5 Å². The van der Waals surface area contributed by atoms with Crippen molar-refractivity contribution in [3.8, 4) is 5.75 Å². The number of nitrogens with one attached hydrogen (secondary N) is 1. The number of amides is 1. The molecule has 0 aliphatic heterocycles. The summed E-state index contributed by atoms with van der Waals surface area (Å²) in [5.74, 6) is 0.0982. The summed E-state index contributed by atoms with van der Waals surface area (Å²) in [7, 11) is -1.46. The molecule has 1 amide bonds. The summed E-state index contributed by atoms with van der Waals surface area (Å²) in [6.07, 6.45) is 0.626. The Balaban J connectivity index is 0. The number of benzene rings is 1. The van der Waals surface area contributed by atoms with Gasteiger partial charge in [0.1, 0.15) is 10.6 Å². The Labute approximate surface area is 140 Å². The number of methoxy groups -OCH3 is 1. The maximum absolute atomic E-state index is 12.2. The van der Waals surface area contributed by atoms with E-state index in [9.17, 15) is 13.2 Å². The van der Waals surface area contributed by atoms with Gasteiger partial charge < -0.3 is 10.1 Å². The van der Waals surface area contributed by atoms with Crippen LogP contribution in [0.15, 0.2) is 23.1 Å². The molecule has 0 fully saturated rings. The molecule has 134 valence electrons. The summed E-state index contributed by atoms with van der Waals surface area (Å²) >= 11 is 0. The standard InChI is InChI=1S/C14H21NO5S.2CH4/c1-6-14(2,3)13(16)15-11-8-7-10(19-4)9-12(11)21(17,18)20-5;;/h7-9H,6H2,1-5H3,(H,15,16);2*1H4. The first-order valence-electron chi connectivity index (χ1n) is 6.48. The highest BCUT2D eigenvalue weighted by atomic mass is 32.2. The quantitative estimate of drug-likeness (QED) is 0.794. The molecule has 0 aromatic heterocycles. The molecule has 0 spiro atoms. The molecule has 1 rings (SSSR count). The van der Waals surface area contributed by atoms with E-state index in [0.29, 0.717) is 12.2 Å². The van der Waals surface area contributed by atoms with Crippen LogP contribution in [-0.2, 0) is 19.1 Å². The van der Waals surface area contributed by atoms with E-state index in [2.05, 4.69) is 9.50 Å². The lowest BCUT2D eigenvalue weighted by Gasteiger charge is -2.22. The van der Waals surface area contributed by atoms with Gasteiger partial charge in [-0.3, -0.25) is 8.98 Å². The van der Waals surface area contributed by atoms with Gasteiger partial charge in [0.25, 0.3) is 10.1 Å². The van der Waals surface area contributed by atoms with Crippen molar-refractivity contribution in [2.24, 2.45) is 5.41 Å². The van der Waals surface area contributed by atoms with Crippen LogP contribution in [0.4, 0.5) is 5.69 Å². The van der Waals surface area contributed by atoms with E-state index >= 15 is 0 Å².